The summed E-state index contributed by atoms with van der Waals surface area (Å²) in [5.41, 5.74) is 0. The monoisotopic (exact) mass is 1390 g/mol. The maximum absolute atomic E-state index is 11.4. The number of rotatable bonds is 6. The second kappa shape index (κ2) is 35.4. The molecule has 12 aliphatic heterocycles. The van der Waals surface area contributed by atoms with Crippen LogP contribution in [0.4, 0.5) is 0 Å². The Morgan fingerprint density at radius 2 is 0.312 bits per heavy atom. The van der Waals surface area contributed by atoms with Gasteiger partial charge in [0.05, 0.1) is 122 Å². The molecule has 6 N–H and O–H groups in total. The molecule has 12 saturated heterocycles. The van der Waals surface area contributed by atoms with Gasteiger partial charge in [0.25, 0.3) is 0 Å². The van der Waals surface area contributed by atoms with Gasteiger partial charge in [-0.2, -0.15) is 0 Å². The average Bonchev–Trinajstić information content (AvgIpc) is 1.66. The largest absolute Gasteiger partial charge is 0.461 e. The third-order valence-corrected chi connectivity index (χ3v) is 15.6. The first kappa shape index (κ1) is 76.3. The van der Waals surface area contributed by atoms with Crippen LogP contribution in [-0.2, 0) is 171 Å². The number of methoxy groups -OCH3 is 6. The number of aliphatic hydroxyl groups is 6. The number of carbonyl (C=O) groups excluding carboxylic acids is 12. The van der Waals surface area contributed by atoms with Crippen molar-refractivity contribution in [3.05, 3.63) is 0 Å². The van der Waals surface area contributed by atoms with Gasteiger partial charge in [-0.15, -0.1) is 0 Å². The summed E-state index contributed by atoms with van der Waals surface area (Å²) in [6.07, 6.45) is -14.3. The molecule has 0 saturated carbocycles. The number of carbonyl (C=O) groups is 12. The van der Waals surface area contributed by atoms with Crippen LogP contribution in [0.3, 0.4) is 0 Å². The Balaban J connectivity index is 0.000000168. The van der Waals surface area contributed by atoms with Crippen molar-refractivity contribution in [3.8, 4) is 0 Å². The van der Waals surface area contributed by atoms with E-state index in [1.54, 1.807) is 0 Å². The fraction of sp³-hybridized carbons (Fsp3) is 0.778. The molecule has 12 aliphatic rings. The molecule has 0 bridgehead atoms. The highest BCUT2D eigenvalue weighted by molar-refractivity contribution is 6.31. The zero-order valence-electron chi connectivity index (χ0n) is 51.7. The molecule has 12 heterocycles. The summed E-state index contributed by atoms with van der Waals surface area (Å²) in [7, 11) is 6.29. The lowest BCUT2D eigenvalue weighted by Gasteiger charge is -2.16. The molecule has 0 radical (unpaired) electrons. The number of esters is 12. The molecule has 12 unspecified atom stereocenters. The number of hydrogen-bond acceptors (Lipinski definition) is 42. The predicted molar refractivity (Wildman–Crippen MR) is 284 cm³/mol. The molecule has 0 aliphatic carbocycles. The van der Waals surface area contributed by atoms with E-state index in [1.807, 2.05) is 0 Å². The molecule has 42 heteroatoms. The van der Waals surface area contributed by atoms with Crippen LogP contribution in [-0.4, -0.2) is 371 Å². The van der Waals surface area contributed by atoms with Crippen molar-refractivity contribution in [1.29, 1.82) is 0 Å². The third-order valence-electron chi connectivity index (χ3n) is 15.6. The van der Waals surface area contributed by atoms with Crippen molar-refractivity contribution < 1.29 is 202 Å². The summed E-state index contributed by atoms with van der Waals surface area (Å²) in [5.74, 6) is -13.9. The molecule has 24 atom stereocenters. The minimum absolute atomic E-state index is 0.0374. The Bertz CT molecular complexity index is 2280. The van der Waals surface area contributed by atoms with E-state index in [0.717, 1.165) is 42.7 Å². The van der Waals surface area contributed by atoms with Crippen molar-refractivity contribution in [3.63, 3.8) is 0 Å². The Kier molecular flexibility index (Phi) is 28.2. The molecule has 0 aromatic rings. The predicted octanol–water partition coefficient (Wildman–Crippen LogP) is -10.6. The van der Waals surface area contributed by atoms with Gasteiger partial charge in [0.15, 0.2) is 36.6 Å². The molecule has 42 nitrogen and oxygen atoms in total. The van der Waals surface area contributed by atoms with Gasteiger partial charge in [0.1, 0.15) is 110 Å². The van der Waals surface area contributed by atoms with Crippen molar-refractivity contribution in [2.75, 3.05) is 122 Å². The van der Waals surface area contributed by atoms with Crippen molar-refractivity contribution >= 4 is 71.6 Å². The smallest absolute Gasteiger partial charge is 0.417 e. The highest BCUT2D eigenvalue weighted by Crippen LogP contribution is 2.34. The number of fused-ring (bicyclic) bond motifs is 6. The van der Waals surface area contributed by atoms with Gasteiger partial charge in [-0.05, 0) is 0 Å². The number of ether oxygens (including phenoxy) is 24. The standard InChI is InChI=1S/3C12H14O10.3C6H10O4/c3*1-17-9(13)11(15)21-5-3-19-8-6(4-20-7(5)8)22-12(16)10(14)18-2;3*7-3-1-9-6-4(8)2-10-5(3)6/h3*5-8H,3-4H2,1-2H3;3*3-8H,1-2H2/t5-,6+,7?,8?;2*5-,6-,7?,8?;3-,4+,5?,6?;2*3-,4-,5?,6?/m.10.10/s1. The summed E-state index contributed by atoms with van der Waals surface area (Å²) >= 11 is 0. The first-order chi connectivity index (χ1) is 45.8. The highest BCUT2D eigenvalue weighted by Gasteiger charge is 2.56. The van der Waals surface area contributed by atoms with Crippen LogP contribution in [0.5, 0.6) is 0 Å². The second-order valence-electron chi connectivity index (χ2n) is 21.6. The summed E-state index contributed by atoms with van der Waals surface area (Å²) in [6, 6.07) is 0. The molecule has 12 rings (SSSR count). The summed E-state index contributed by atoms with van der Waals surface area (Å²) in [6.45, 7) is 1.48. The van der Waals surface area contributed by atoms with E-state index < -0.39 is 182 Å². The Labute approximate surface area is 540 Å². The molecule has 0 aromatic carbocycles. The molecular weight excluding hydrogens is 1320 g/mol. The molecule has 540 valence electrons. The van der Waals surface area contributed by atoms with Gasteiger partial charge in [0, 0.05) is 0 Å². The van der Waals surface area contributed by atoms with Crippen molar-refractivity contribution in [2.24, 2.45) is 0 Å². The molecule has 0 spiro atoms. The van der Waals surface area contributed by atoms with Crippen LogP contribution in [0, 0.1) is 0 Å². The van der Waals surface area contributed by atoms with E-state index in [1.165, 1.54) is 0 Å². The SMILES string of the molecule is COC(=O)C(=O)O[C@@H]1COC2C1OC[C@H]2OC(=O)C(=O)OC.COC(=O)C(=O)O[C@H]1COC2C1OC[C@@H]2OC(=O)C(=O)OC.COC(=O)C(=O)O[C@H]1COC2C1OC[C@H]2OC(=O)C(=O)OC.O[C@@H]1COC2C1OC[C@@H]2O.O[C@@H]1COC2C1OC[C@H]2O.O[C@H]1COC2C1OC[C@@H]2O. The highest BCUT2D eigenvalue weighted by atomic mass is 16.7. The Morgan fingerprint density at radius 3 is 0.427 bits per heavy atom. The fourth-order valence-corrected chi connectivity index (χ4v) is 10.9. The van der Waals surface area contributed by atoms with Crippen LogP contribution in [0.1, 0.15) is 0 Å². The maximum Gasteiger partial charge on any atom is 0.417 e. The van der Waals surface area contributed by atoms with E-state index in [9.17, 15) is 57.5 Å². The molecule has 12 fully saturated rings. The van der Waals surface area contributed by atoms with E-state index in [0.29, 0.717) is 0 Å². The Hall–Kier alpha value is -7.08. The van der Waals surface area contributed by atoms with Crippen LogP contribution >= 0.6 is 0 Å². The first-order valence-electron chi connectivity index (χ1n) is 29.0. The van der Waals surface area contributed by atoms with E-state index >= 15 is 0 Å². The van der Waals surface area contributed by atoms with Gasteiger partial charge >= 0.3 is 71.6 Å². The topological polar surface area (TPSA) is 548 Å². The van der Waals surface area contributed by atoms with Gasteiger partial charge in [-0.3, -0.25) is 0 Å². The molecular formula is C54H72O42. The lowest BCUT2D eigenvalue weighted by atomic mass is 10.1. The van der Waals surface area contributed by atoms with Crippen LogP contribution < -0.4 is 0 Å². The zero-order valence-corrected chi connectivity index (χ0v) is 51.7. The second-order valence-corrected chi connectivity index (χ2v) is 21.6. The number of hydrogen-bond donors (Lipinski definition) is 6. The van der Waals surface area contributed by atoms with E-state index in [4.69, 9.17) is 116 Å². The maximum atomic E-state index is 11.4. The van der Waals surface area contributed by atoms with E-state index in [2.05, 4.69) is 28.4 Å². The Morgan fingerprint density at radius 1 is 0.198 bits per heavy atom. The van der Waals surface area contributed by atoms with Crippen molar-refractivity contribution in [2.45, 2.75) is 146 Å². The summed E-state index contributed by atoms with van der Waals surface area (Å²) in [5, 5.41) is 54.9. The van der Waals surface area contributed by atoms with Gasteiger partial charge in [-0.1, -0.05) is 0 Å². The van der Waals surface area contributed by atoms with Crippen molar-refractivity contribution in [1.82, 2.24) is 0 Å². The van der Waals surface area contributed by atoms with Gasteiger partial charge in [0.2, 0.25) is 0 Å². The quantitative estimate of drug-likeness (QED) is 0.0817. The summed E-state index contributed by atoms with van der Waals surface area (Å²) in [4.78, 5) is 134. The van der Waals surface area contributed by atoms with E-state index in [-0.39, 0.29) is 116 Å². The normalized spacial score (nSPS) is 36.9. The fourth-order valence-electron chi connectivity index (χ4n) is 10.9. The minimum Gasteiger partial charge on any atom is -0.461 e. The zero-order chi connectivity index (χ0) is 70.2. The molecule has 0 amide bonds. The number of aliphatic hydroxyl groups excluding tert-OH is 6. The summed E-state index contributed by atoms with van der Waals surface area (Å²) < 4.78 is 117. The first-order valence-corrected chi connectivity index (χ1v) is 29.0. The minimum atomic E-state index is -1.17. The van der Waals surface area contributed by atoms with Crippen LogP contribution in [0.2, 0.25) is 0 Å². The molecule has 0 aromatic heterocycles. The van der Waals surface area contributed by atoms with Crippen LogP contribution in [0.15, 0.2) is 0 Å². The third kappa shape index (κ3) is 18.8. The average molecular weight is 1390 g/mol. The lowest BCUT2D eigenvalue weighted by molar-refractivity contribution is -0.173. The van der Waals surface area contributed by atoms with Crippen LogP contribution in [0.25, 0.3) is 0 Å². The lowest BCUT2D eigenvalue weighted by Crippen LogP contribution is -2.38. The van der Waals surface area contributed by atoms with Gasteiger partial charge < -0.3 is 144 Å². The molecule has 96 heavy (non-hydrogen) atoms. The van der Waals surface area contributed by atoms with Gasteiger partial charge in [-0.25, -0.2) is 57.5 Å².